The Morgan fingerprint density at radius 1 is 1.67 bits per heavy atom. The number of carbonyl (C=O) groups excluding carboxylic acids is 1. The van der Waals surface area contributed by atoms with Crippen LogP contribution in [0.1, 0.15) is 29.2 Å². The van der Waals surface area contributed by atoms with Crippen molar-refractivity contribution in [1.82, 2.24) is 9.88 Å². The Labute approximate surface area is 110 Å². The van der Waals surface area contributed by atoms with E-state index >= 15 is 0 Å². The number of methoxy groups -OCH3 is 1. The molecule has 1 amide bonds. The number of hydrogen-bond donors (Lipinski definition) is 1. The summed E-state index contributed by atoms with van der Waals surface area (Å²) < 4.78 is 5.04. The highest BCUT2D eigenvalue weighted by molar-refractivity contribution is 7.15. The molecule has 1 fully saturated rings. The van der Waals surface area contributed by atoms with Gasteiger partial charge in [0.15, 0.2) is 0 Å². The van der Waals surface area contributed by atoms with Crippen molar-refractivity contribution >= 4 is 17.2 Å². The van der Waals surface area contributed by atoms with Gasteiger partial charge in [-0.3, -0.25) is 4.79 Å². The second-order valence-electron chi connectivity index (χ2n) is 5.04. The van der Waals surface area contributed by atoms with Crippen LogP contribution in [0.5, 0.6) is 5.19 Å². The maximum Gasteiger partial charge on any atom is 0.273 e. The van der Waals surface area contributed by atoms with E-state index in [-0.39, 0.29) is 11.8 Å². The van der Waals surface area contributed by atoms with Crippen molar-refractivity contribution in [3.63, 3.8) is 0 Å². The number of aliphatic hydroxyl groups is 1. The number of aromatic nitrogens is 1. The monoisotopic (exact) mass is 270 g/mol. The molecule has 6 heteroatoms. The van der Waals surface area contributed by atoms with E-state index < -0.39 is 5.60 Å². The number of ether oxygens (including phenoxy) is 1. The lowest BCUT2D eigenvalue weighted by Gasteiger charge is -2.20. The van der Waals surface area contributed by atoms with Crippen molar-refractivity contribution < 1.29 is 14.6 Å². The largest absolute Gasteiger partial charge is 0.473 e. The van der Waals surface area contributed by atoms with Gasteiger partial charge in [0.2, 0.25) is 0 Å². The normalized spacial score (nSPS) is 27.6. The highest BCUT2D eigenvalue weighted by Gasteiger charge is 2.41. The molecule has 1 aromatic rings. The zero-order valence-corrected chi connectivity index (χ0v) is 11.9. The van der Waals surface area contributed by atoms with Gasteiger partial charge in [-0.1, -0.05) is 18.3 Å². The van der Waals surface area contributed by atoms with E-state index in [4.69, 9.17) is 4.74 Å². The fourth-order valence-electron chi connectivity index (χ4n) is 2.09. The number of nitrogens with zero attached hydrogens (tertiary/aromatic N) is 2. The quantitative estimate of drug-likeness (QED) is 0.880. The number of carbonyl (C=O) groups is 1. The van der Waals surface area contributed by atoms with Crippen LogP contribution in [-0.4, -0.2) is 46.7 Å². The van der Waals surface area contributed by atoms with E-state index in [0.29, 0.717) is 28.9 Å². The van der Waals surface area contributed by atoms with E-state index in [1.54, 1.807) is 18.7 Å². The lowest BCUT2D eigenvalue weighted by atomic mass is 9.95. The number of aryl methyl sites for hydroxylation is 1. The molecule has 2 atom stereocenters. The van der Waals surface area contributed by atoms with Gasteiger partial charge in [0.25, 0.3) is 11.1 Å². The lowest BCUT2D eigenvalue weighted by molar-refractivity contribution is 0.0352. The Morgan fingerprint density at radius 2 is 2.33 bits per heavy atom. The second-order valence-corrected chi connectivity index (χ2v) is 6.00. The third-order valence-electron chi connectivity index (χ3n) is 3.50. The van der Waals surface area contributed by atoms with Crippen molar-refractivity contribution in [1.29, 1.82) is 0 Å². The summed E-state index contributed by atoms with van der Waals surface area (Å²) in [5, 5.41) is 10.6. The smallest absolute Gasteiger partial charge is 0.273 e. The number of likely N-dealkylation sites (tertiary alicyclic amines) is 1. The molecule has 0 aliphatic carbocycles. The van der Waals surface area contributed by atoms with Crippen LogP contribution < -0.4 is 4.74 Å². The first-order chi connectivity index (χ1) is 8.35. The molecule has 18 heavy (non-hydrogen) atoms. The van der Waals surface area contributed by atoms with Crippen LogP contribution in [-0.2, 0) is 0 Å². The molecule has 5 nitrogen and oxygen atoms in total. The van der Waals surface area contributed by atoms with Crippen molar-refractivity contribution in [3.8, 4) is 5.19 Å². The van der Waals surface area contributed by atoms with Crippen LogP contribution in [0.4, 0.5) is 0 Å². The standard InChI is InChI=1S/C12H18N2O3S/c1-7-5-14(6-12(7,3)16)10(15)9-8(2)13-11(17-4)18-9/h7,16H,5-6H2,1-4H3/t7-,12+/m0/s1. The second kappa shape index (κ2) is 4.51. The Morgan fingerprint density at radius 3 is 2.78 bits per heavy atom. The van der Waals surface area contributed by atoms with Gasteiger partial charge in [-0.05, 0) is 13.8 Å². The molecule has 0 bridgehead atoms. The zero-order chi connectivity index (χ0) is 13.5. The van der Waals surface area contributed by atoms with Crippen molar-refractivity contribution in [2.75, 3.05) is 20.2 Å². The molecule has 0 unspecified atom stereocenters. The summed E-state index contributed by atoms with van der Waals surface area (Å²) in [5.41, 5.74) is -0.126. The third kappa shape index (κ3) is 2.22. The van der Waals surface area contributed by atoms with Gasteiger partial charge in [-0.25, -0.2) is 4.98 Å². The van der Waals surface area contributed by atoms with Gasteiger partial charge in [0.05, 0.1) is 18.4 Å². The summed E-state index contributed by atoms with van der Waals surface area (Å²) >= 11 is 1.25. The lowest BCUT2D eigenvalue weighted by Crippen LogP contribution is -2.35. The summed E-state index contributed by atoms with van der Waals surface area (Å²) in [5.74, 6) is 0.00879. The predicted octanol–water partition coefficient (Wildman–Crippen LogP) is 1.30. The van der Waals surface area contributed by atoms with E-state index in [2.05, 4.69) is 4.98 Å². The molecule has 1 aliphatic heterocycles. The van der Waals surface area contributed by atoms with Gasteiger partial charge >= 0.3 is 0 Å². The molecular weight excluding hydrogens is 252 g/mol. The average Bonchev–Trinajstić information content (AvgIpc) is 2.79. The van der Waals surface area contributed by atoms with Gasteiger partial charge < -0.3 is 14.7 Å². The van der Waals surface area contributed by atoms with Gasteiger partial charge in [-0.15, -0.1) is 0 Å². The summed E-state index contributed by atoms with van der Waals surface area (Å²) in [6.07, 6.45) is 0. The van der Waals surface area contributed by atoms with Crippen LogP contribution in [0.3, 0.4) is 0 Å². The highest BCUT2D eigenvalue weighted by Crippen LogP contribution is 2.31. The highest BCUT2D eigenvalue weighted by atomic mass is 32.1. The van der Waals surface area contributed by atoms with Gasteiger partial charge in [-0.2, -0.15) is 0 Å². The van der Waals surface area contributed by atoms with Crippen molar-refractivity contribution in [3.05, 3.63) is 10.6 Å². The molecule has 0 saturated carbocycles. The minimum atomic E-state index is -0.807. The first kappa shape index (κ1) is 13.3. The first-order valence-electron chi connectivity index (χ1n) is 5.88. The Bertz CT molecular complexity index is 470. The molecule has 1 aromatic heterocycles. The Kier molecular flexibility index (Phi) is 3.33. The molecule has 0 aromatic carbocycles. The summed E-state index contributed by atoms with van der Waals surface area (Å²) in [6.45, 7) is 6.46. The number of β-amino-alcohol motifs (C(OH)–C–C–N with tert-alkyl or cyclic N) is 1. The van der Waals surface area contributed by atoms with Crippen molar-refractivity contribution in [2.45, 2.75) is 26.4 Å². The summed E-state index contributed by atoms with van der Waals surface area (Å²) in [7, 11) is 1.54. The van der Waals surface area contributed by atoms with Crippen LogP contribution in [0.25, 0.3) is 0 Å². The number of rotatable bonds is 2. The maximum absolute atomic E-state index is 12.4. The van der Waals surface area contributed by atoms with Crippen LogP contribution >= 0.6 is 11.3 Å². The number of amides is 1. The topological polar surface area (TPSA) is 62.7 Å². The molecular formula is C12H18N2O3S. The average molecular weight is 270 g/mol. The van der Waals surface area contributed by atoms with E-state index in [0.717, 1.165) is 0 Å². The molecule has 1 saturated heterocycles. The summed E-state index contributed by atoms with van der Waals surface area (Å²) in [4.78, 5) is 18.8. The van der Waals surface area contributed by atoms with Gasteiger partial charge in [0, 0.05) is 19.0 Å². The van der Waals surface area contributed by atoms with Gasteiger partial charge in [0.1, 0.15) is 4.88 Å². The predicted molar refractivity (Wildman–Crippen MR) is 69.1 cm³/mol. The van der Waals surface area contributed by atoms with Crippen LogP contribution in [0.15, 0.2) is 0 Å². The molecule has 2 rings (SSSR count). The Hall–Kier alpha value is -1.14. The van der Waals surface area contributed by atoms with Crippen molar-refractivity contribution in [2.24, 2.45) is 5.92 Å². The third-order valence-corrected chi connectivity index (χ3v) is 4.61. The van der Waals surface area contributed by atoms with E-state index in [1.807, 2.05) is 6.92 Å². The number of hydrogen-bond acceptors (Lipinski definition) is 5. The fourth-order valence-corrected chi connectivity index (χ4v) is 2.94. The summed E-state index contributed by atoms with van der Waals surface area (Å²) in [6, 6.07) is 0. The molecule has 0 spiro atoms. The fraction of sp³-hybridized carbons (Fsp3) is 0.667. The van der Waals surface area contributed by atoms with E-state index in [9.17, 15) is 9.90 Å². The molecule has 2 heterocycles. The minimum Gasteiger partial charge on any atom is -0.473 e. The van der Waals surface area contributed by atoms with E-state index in [1.165, 1.54) is 18.4 Å². The van der Waals surface area contributed by atoms with Crippen LogP contribution in [0, 0.1) is 12.8 Å². The first-order valence-corrected chi connectivity index (χ1v) is 6.70. The Balaban J connectivity index is 2.20. The van der Waals surface area contributed by atoms with Crippen LogP contribution in [0.2, 0.25) is 0 Å². The molecule has 0 radical (unpaired) electrons. The number of thiazole rings is 1. The maximum atomic E-state index is 12.4. The SMILES string of the molecule is COc1nc(C)c(C(=O)N2C[C@H](C)[C@](C)(O)C2)s1. The molecule has 100 valence electrons. The zero-order valence-electron chi connectivity index (χ0n) is 11.1. The minimum absolute atomic E-state index is 0.0714. The molecule has 1 aliphatic rings. The molecule has 1 N–H and O–H groups in total.